The van der Waals surface area contributed by atoms with E-state index in [-0.39, 0.29) is 37.4 Å². The monoisotopic (exact) mass is 451 g/mol. The maximum absolute atomic E-state index is 12.7. The van der Waals surface area contributed by atoms with Gasteiger partial charge in [-0.1, -0.05) is 24.6 Å². The molecule has 8 nitrogen and oxygen atoms in total. The molecule has 1 N–H and O–H groups in total. The smallest absolute Gasteiger partial charge is 0.265 e. The minimum Gasteiger partial charge on any atom is -0.485 e. The number of piperidine rings is 1. The van der Waals surface area contributed by atoms with E-state index in [1.54, 1.807) is 30.3 Å². The molecule has 2 aliphatic rings. The van der Waals surface area contributed by atoms with Crippen LogP contribution in [-0.2, 0) is 9.59 Å². The Kier molecular flexibility index (Phi) is 7.57. The van der Waals surface area contributed by atoms with E-state index >= 15 is 0 Å². The van der Waals surface area contributed by atoms with Crippen LogP contribution in [0, 0.1) is 0 Å². The Morgan fingerprint density at radius 2 is 1.82 bits per heavy atom. The molecule has 2 heterocycles. The van der Waals surface area contributed by atoms with Crippen LogP contribution in [0.4, 0.5) is 5.69 Å². The number of nitrogens with zero attached hydrogens (tertiary/aromatic N) is 2. The predicted molar refractivity (Wildman–Crippen MR) is 124 cm³/mol. The van der Waals surface area contributed by atoms with Crippen LogP contribution in [0.25, 0.3) is 0 Å². The molecule has 0 spiro atoms. The van der Waals surface area contributed by atoms with E-state index in [1.165, 1.54) is 24.2 Å². The summed E-state index contributed by atoms with van der Waals surface area (Å²) >= 11 is 0. The van der Waals surface area contributed by atoms with Gasteiger partial charge in [0.15, 0.2) is 19.0 Å². The van der Waals surface area contributed by atoms with Gasteiger partial charge in [0.1, 0.15) is 18.0 Å². The molecule has 33 heavy (non-hydrogen) atoms. The van der Waals surface area contributed by atoms with Crippen LogP contribution < -0.4 is 19.7 Å². The Labute approximate surface area is 193 Å². The number of fused-ring (bicyclic) bond motifs is 1. The molecular weight excluding hydrogens is 422 g/mol. The second-order valence-corrected chi connectivity index (χ2v) is 8.23. The summed E-state index contributed by atoms with van der Waals surface area (Å²) in [6.07, 6.45) is 3.67. The molecule has 0 bridgehead atoms. The molecule has 4 rings (SSSR count). The fourth-order valence-electron chi connectivity index (χ4n) is 4.03. The van der Waals surface area contributed by atoms with E-state index in [4.69, 9.17) is 9.47 Å². The lowest BCUT2D eigenvalue weighted by atomic mass is 10.1. The van der Waals surface area contributed by atoms with Gasteiger partial charge >= 0.3 is 0 Å². The first-order chi connectivity index (χ1) is 16.1. The van der Waals surface area contributed by atoms with Crippen LogP contribution in [0.15, 0.2) is 48.5 Å². The van der Waals surface area contributed by atoms with Crippen LogP contribution in [0.1, 0.15) is 29.6 Å². The lowest BCUT2D eigenvalue weighted by molar-refractivity contribution is -0.125. The number of ether oxygens (including phenoxy) is 2. The summed E-state index contributed by atoms with van der Waals surface area (Å²) in [6, 6.07) is 14.0. The van der Waals surface area contributed by atoms with Crippen molar-refractivity contribution in [2.45, 2.75) is 19.3 Å². The highest BCUT2D eigenvalue weighted by molar-refractivity contribution is 6.04. The first kappa shape index (κ1) is 22.8. The van der Waals surface area contributed by atoms with Crippen LogP contribution in [-0.4, -0.2) is 68.4 Å². The second-order valence-electron chi connectivity index (χ2n) is 8.23. The van der Waals surface area contributed by atoms with E-state index < -0.39 is 0 Å². The van der Waals surface area contributed by atoms with Gasteiger partial charge in [0.05, 0.1) is 5.69 Å². The van der Waals surface area contributed by atoms with Gasteiger partial charge in [-0.15, -0.1) is 0 Å². The third-order valence-corrected chi connectivity index (χ3v) is 5.84. The first-order valence-electron chi connectivity index (χ1n) is 11.4. The number of carbonyl (C=O) groups excluding carboxylic acids is 3. The van der Waals surface area contributed by atoms with Crippen molar-refractivity contribution in [2.75, 3.05) is 50.8 Å². The number of ketones is 1. The molecular formula is C25H29N3O5. The van der Waals surface area contributed by atoms with Crippen molar-refractivity contribution in [1.29, 1.82) is 0 Å². The average Bonchev–Trinajstić information content (AvgIpc) is 2.85. The molecule has 1 fully saturated rings. The molecule has 2 aromatic rings. The van der Waals surface area contributed by atoms with Crippen molar-refractivity contribution >= 4 is 23.3 Å². The number of nitrogens with one attached hydrogen (secondary N) is 1. The molecule has 8 heteroatoms. The quantitative estimate of drug-likeness (QED) is 0.589. The van der Waals surface area contributed by atoms with E-state index in [0.29, 0.717) is 29.3 Å². The predicted octanol–water partition coefficient (Wildman–Crippen LogP) is 2.28. The second kappa shape index (κ2) is 11.0. The third kappa shape index (κ3) is 6.10. The van der Waals surface area contributed by atoms with Crippen LogP contribution in [0.3, 0.4) is 0 Å². The summed E-state index contributed by atoms with van der Waals surface area (Å²) in [6.45, 7) is 3.09. The standard InChI is InChI=1S/C25H29N3O5/c29-22(17-32-20-7-3-1-4-8-20)19-9-10-23-21(15-19)28(25(31)18-33-23)16-24(30)26-11-14-27-12-5-2-6-13-27/h1,3-4,7-10,15H,2,5-6,11-14,16-18H2,(H,26,30). The van der Waals surface area contributed by atoms with Crippen molar-refractivity contribution in [3.63, 3.8) is 0 Å². The highest BCUT2D eigenvalue weighted by Gasteiger charge is 2.28. The molecule has 0 saturated carbocycles. The minimum atomic E-state index is -0.321. The van der Waals surface area contributed by atoms with E-state index in [2.05, 4.69) is 10.2 Å². The largest absolute Gasteiger partial charge is 0.485 e. The molecule has 2 amide bonds. The highest BCUT2D eigenvalue weighted by Crippen LogP contribution is 2.33. The fourth-order valence-corrected chi connectivity index (χ4v) is 4.03. The van der Waals surface area contributed by atoms with Crippen molar-refractivity contribution in [2.24, 2.45) is 0 Å². The zero-order valence-corrected chi connectivity index (χ0v) is 18.6. The normalized spacial score (nSPS) is 16.0. The summed E-state index contributed by atoms with van der Waals surface area (Å²) in [4.78, 5) is 41.4. The number of para-hydroxylation sites is 1. The number of benzene rings is 2. The van der Waals surface area contributed by atoms with Crippen LogP contribution in [0.2, 0.25) is 0 Å². The lowest BCUT2D eigenvalue weighted by Gasteiger charge is -2.29. The Morgan fingerprint density at radius 3 is 2.61 bits per heavy atom. The molecule has 0 aliphatic carbocycles. The Hall–Kier alpha value is -3.39. The molecule has 1 saturated heterocycles. The molecule has 2 aromatic carbocycles. The number of hydrogen-bond donors (Lipinski definition) is 1. The summed E-state index contributed by atoms with van der Waals surface area (Å²) < 4.78 is 11.0. The zero-order chi connectivity index (χ0) is 23.0. The van der Waals surface area contributed by atoms with Crippen LogP contribution in [0.5, 0.6) is 11.5 Å². The van der Waals surface area contributed by atoms with Crippen molar-refractivity contribution < 1.29 is 23.9 Å². The molecule has 0 radical (unpaired) electrons. The van der Waals surface area contributed by atoms with Gasteiger partial charge in [0.25, 0.3) is 5.91 Å². The van der Waals surface area contributed by atoms with Crippen molar-refractivity contribution in [3.8, 4) is 11.5 Å². The molecule has 0 aromatic heterocycles. The van der Waals surface area contributed by atoms with Gasteiger partial charge in [-0.05, 0) is 56.3 Å². The number of amides is 2. The highest BCUT2D eigenvalue weighted by atomic mass is 16.5. The summed E-state index contributed by atoms with van der Waals surface area (Å²) in [5, 5.41) is 2.90. The summed E-state index contributed by atoms with van der Waals surface area (Å²) in [5.41, 5.74) is 0.807. The van der Waals surface area contributed by atoms with Gasteiger partial charge in [-0.3, -0.25) is 19.3 Å². The third-order valence-electron chi connectivity index (χ3n) is 5.84. The Morgan fingerprint density at radius 1 is 1.03 bits per heavy atom. The number of rotatable bonds is 9. The first-order valence-corrected chi connectivity index (χ1v) is 11.4. The SMILES string of the molecule is O=C(CN1C(=O)COc2ccc(C(=O)COc3ccccc3)cc21)NCCN1CCCCC1. The molecule has 2 aliphatic heterocycles. The van der Waals surface area contributed by atoms with Crippen molar-refractivity contribution in [3.05, 3.63) is 54.1 Å². The lowest BCUT2D eigenvalue weighted by Crippen LogP contribution is -2.46. The summed E-state index contributed by atoms with van der Waals surface area (Å²) in [7, 11) is 0. The summed E-state index contributed by atoms with van der Waals surface area (Å²) in [5.74, 6) is 0.281. The van der Waals surface area contributed by atoms with Gasteiger partial charge in [-0.2, -0.15) is 0 Å². The zero-order valence-electron chi connectivity index (χ0n) is 18.6. The van der Waals surface area contributed by atoms with Crippen LogP contribution >= 0.6 is 0 Å². The number of anilines is 1. The van der Waals surface area contributed by atoms with Crippen molar-refractivity contribution in [1.82, 2.24) is 10.2 Å². The Bertz CT molecular complexity index is 989. The number of Topliss-reactive ketones (excluding diaryl/α,β-unsaturated/α-hetero) is 1. The topological polar surface area (TPSA) is 88.2 Å². The fraction of sp³-hybridized carbons (Fsp3) is 0.400. The van der Waals surface area contributed by atoms with Gasteiger partial charge in [0.2, 0.25) is 5.91 Å². The van der Waals surface area contributed by atoms with Gasteiger partial charge in [-0.25, -0.2) is 0 Å². The van der Waals surface area contributed by atoms with E-state index in [9.17, 15) is 14.4 Å². The molecule has 0 unspecified atom stereocenters. The van der Waals surface area contributed by atoms with Gasteiger partial charge in [0, 0.05) is 18.7 Å². The van der Waals surface area contributed by atoms with E-state index in [1.807, 2.05) is 18.2 Å². The molecule has 174 valence electrons. The maximum atomic E-state index is 12.7. The minimum absolute atomic E-state index is 0.118. The maximum Gasteiger partial charge on any atom is 0.265 e. The number of likely N-dealkylation sites (tertiary alicyclic amines) is 1. The molecule has 0 atom stereocenters. The Balaban J connectivity index is 1.36. The van der Waals surface area contributed by atoms with Gasteiger partial charge < -0.3 is 19.7 Å². The van der Waals surface area contributed by atoms with E-state index in [0.717, 1.165) is 19.6 Å². The average molecular weight is 452 g/mol. The number of carbonyl (C=O) groups is 3. The number of hydrogen-bond acceptors (Lipinski definition) is 6.